The van der Waals surface area contributed by atoms with E-state index in [4.69, 9.17) is 4.74 Å². The Kier molecular flexibility index (Phi) is 6.59. The molecule has 0 spiro atoms. The van der Waals surface area contributed by atoms with Crippen molar-refractivity contribution in [3.05, 3.63) is 42.2 Å². The second-order valence-corrected chi connectivity index (χ2v) is 6.12. The van der Waals surface area contributed by atoms with Gasteiger partial charge in [-0.1, -0.05) is 0 Å². The van der Waals surface area contributed by atoms with Gasteiger partial charge in [0.1, 0.15) is 17.3 Å². The van der Waals surface area contributed by atoms with Gasteiger partial charge in [-0.05, 0) is 31.2 Å². The number of aromatic nitrogens is 2. The van der Waals surface area contributed by atoms with Crippen LogP contribution in [0.15, 0.2) is 36.4 Å². The van der Waals surface area contributed by atoms with Crippen LogP contribution in [0.2, 0.25) is 0 Å². The van der Waals surface area contributed by atoms with Crippen molar-refractivity contribution in [3.63, 3.8) is 0 Å². The number of nitrogens with one attached hydrogen (secondary N) is 2. The second kappa shape index (κ2) is 8.90. The molecule has 0 aliphatic rings. The maximum atomic E-state index is 10.9. The van der Waals surface area contributed by atoms with Crippen molar-refractivity contribution in [3.8, 4) is 11.5 Å². The largest absolute Gasteiger partial charge is 0.508 e. The molecular formula is C20H24N4O4. The molecule has 0 aliphatic carbocycles. The van der Waals surface area contributed by atoms with Crippen LogP contribution in [-0.2, 0) is 16.6 Å². The number of anilines is 2. The Morgan fingerprint density at radius 3 is 2.43 bits per heavy atom. The van der Waals surface area contributed by atoms with Crippen molar-refractivity contribution in [1.82, 2.24) is 9.55 Å². The maximum absolute atomic E-state index is 10.9. The van der Waals surface area contributed by atoms with Crippen molar-refractivity contribution in [2.24, 2.45) is 7.05 Å². The third-order valence-electron chi connectivity index (χ3n) is 3.92. The van der Waals surface area contributed by atoms with Gasteiger partial charge in [0.05, 0.1) is 22.4 Å². The standard InChI is InChI=1S/C11H14N2O3.C9H10N2O/c1-7(14)13-10-5-4-9(16-8(2)15)6-11(10)12-3;1-6-10-8-4-3-7(12)5-9(8)11(6)2/h4-6,12H,1-3H3,(H,13,14);3-5,12H,1-2H3. The number of carbonyl (C=O) groups is 2. The van der Waals surface area contributed by atoms with Crippen LogP contribution in [0.4, 0.5) is 11.4 Å². The van der Waals surface area contributed by atoms with E-state index >= 15 is 0 Å². The predicted octanol–water partition coefficient (Wildman–Crippen LogP) is 3.20. The third kappa shape index (κ3) is 5.23. The second-order valence-electron chi connectivity index (χ2n) is 6.12. The number of amides is 1. The topological polar surface area (TPSA) is 105 Å². The maximum Gasteiger partial charge on any atom is 0.308 e. The zero-order valence-electron chi connectivity index (χ0n) is 16.5. The molecule has 2 aromatic carbocycles. The Morgan fingerprint density at radius 1 is 1.11 bits per heavy atom. The number of fused-ring (bicyclic) bond motifs is 1. The Morgan fingerprint density at radius 2 is 1.82 bits per heavy atom. The summed E-state index contributed by atoms with van der Waals surface area (Å²) in [6.07, 6.45) is 0. The monoisotopic (exact) mass is 384 g/mol. The Hall–Kier alpha value is -3.55. The number of phenolic OH excluding ortho intramolecular Hbond substituents is 1. The molecule has 3 rings (SSSR count). The quantitative estimate of drug-likeness (QED) is 0.473. The van der Waals surface area contributed by atoms with Gasteiger partial charge in [-0.2, -0.15) is 0 Å². The Labute approximate surface area is 163 Å². The number of phenols is 1. The number of aryl methyl sites for hydroxylation is 2. The highest BCUT2D eigenvalue weighted by atomic mass is 16.5. The van der Waals surface area contributed by atoms with E-state index in [9.17, 15) is 14.7 Å². The summed E-state index contributed by atoms with van der Waals surface area (Å²) in [6, 6.07) is 10.1. The molecule has 1 aromatic heterocycles. The van der Waals surface area contributed by atoms with Crippen LogP contribution in [0.5, 0.6) is 11.5 Å². The number of imidazole rings is 1. The molecule has 0 saturated carbocycles. The van der Waals surface area contributed by atoms with E-state index in [0.717, 1.165) is 16.9 Å². The van der Waals surface area contributed by atoms with Crippen LogP contribution >= 0.6 is 0 Å². The summed E-state index contributed by atoms with van der Waals surface area (Å²) in [5.41, 5.74) is 3.22. The van der Waals surface area contributed by atoms with Crippen LogP contribution in [-0.4, -0.2) is 33.6 Å². The number of rotatable bonds is 3. The average molecular weight is 384 g/mol. The fraction of sp³-hybridized carbons (Fsp3) is 0.250. The van der Waals surface area contributed by atoms with Crippen molar-refractivity contribution < 1.29 is 19.4 Å². The van der Waals surface area contributed by atoms with Crippen molar-refractivity contribution in [2.75, 3.05) is 17.7 Å². The molecule has 0 saturated heterocycles. The highest BCUT2D eigenvalue weighted by molar-refractivity contribution is 5.93. The van der Waals surface area contributed by atoms with E-state index in [2.05, 4.69) is 15.6 Å². The van der Waals surface area contributed by atoms with E-state index in [1.807, 2.05) is 24.6 Å². The summed E-state index contributed by atoms with van der Waals surface area (Å²) in [5.74, 6) is 1.14. The first kappa shape index (κ1) is 20.8. The summed E-state index contributed by atoms with van der Waals surface area (Å²) in [7, 11) is 3.66. The summed E-state index contributed by atoms with van der Waals surface area (Å²) in [4.78, 5) is 26.0. The first-order chi connectivity index (χ1) is 13.2. The molecule has 0 radical (unpaired) electrons. The van der Waals surface area contributed by atoms with Gasteiger partial charge in [0.15, 0.2) is 0 Å². The molecule has 3 aromatic rings. The van der Waals surface area contributed by atoms with Gasteiger partial charge in [0.25, 0.3) is 0 Å². The molecule has 8 heteroatoms. The lowest BCUT2D eigenvalue weighted by Gasteiger charge is -2.11. The minimum Gasteiger partial charge on any atom is -0.508 e. The molecule has 0 bridgehead atoms. The van der Waals surface area contributed by atoms with Gasteiger partial charge in [-0.15, -0.1) is 0 Å². The lowest BCUT2D eigenvalue weighted by molar-refractivity contribution is -0.131. The summed E-state index contributed by atoms with van der Waals surface area (Å²) >= 11 is 0. The number of nitrogens with zero attached hydrogens (tertiary/aromatic N) is 2. The molecule has 0 unspecified atom stereocenters. The van der Waals surface area contributed by atoms with Crippen LogP contribution in [0.3, 0.4) is 0 Å². The molecule has 148 valence electrons. The molecule has 28 heavy (non-hydrogen) atoms. The number of benzene rings is 2. The smallest absolute Gasteiger partial charge is 0.308 e. The zero-order valence-corrected chi connectivity index (χ0v) is 16.5. The SMILES string of the molecule is CNc1cc(OC(C)=O)ccc1NC(C)=O.Cc1nc2ccc(O)cc2n1C. The number of hydrogen-bond acceptors (Lipinski definition) is 6. The van der Waals surface area contributed by atoms with Gasteiger partial charge in [-0.25, -0.2) is 4.98 Å². The molecule has 0 fully saturated rings. The van der Waals surface area contributed by atoms with Gasteiger partial charge >= 0.3 is 5.97 Å². The van der Waals surface area contributed by atoms with E-state index in [1.165, 1.54) is 13.8 Å². The Bertz CT molecular complexity index is 1010. The number of carbonyl (C=O) groups excluding carboxylic acids is 2. The summed E-state index contributed by atoms with van der Waals surface area (Å²) in [6.45, 7) is 4.71. The fourth-order valence-electron chi connectivity index (χ4n) is 2.56. The number of hydrogen-bond donors (Lipinski definition) is 3. The molecule has 8 nitrogen and oxygen atoms in total. The van der Waals surface area contributed by atoms with Gasteiger partial charge < -0.3 is 25.0 Å². The van der Waals surface area contributed by atoms with E-state index in [1.54, 1.807) is 37.4 Å². The molecule has 1 heterocycles. The average Bonchev–Trinajstić information content (AvgIpc) is 2.90. The summed E-state index contributed by atoms with van der Waals surface area (Å²) < 4.78 is 6.88. The predicted molar refractivity (Wildman–Crippen MR) is 109 cm³/mol. The van der Waals surface area contributed by atoms with E-state index < -0.39 is 0 Å². The lowest BCUT2D eigenvalue weighted by Crippen LogP contribution is -2.08. The van der Waals surface area contributed by atoms with Crippen LogP contribution < -0.4 is 15.4 Å². The number of esters is 1. The van der Waals surface area contributed by atoms with Gasteiger partial charge in [0, 0.05) is 40.1 Å². The lowest BCUT2D eigenvalue weighted by atomic mass is 10.2. The van der Waals surface area contributed by atoms with Crippen molar-refractivity contribution in [1.29, 1.82) is 0 Å². The summed E-state index contributed by atoms with van der Waals surface area (Å²) in [5, 5.41) is 14.8. The van der Waals surface area contributed by atoms with E-state index in [0.29, 0.717) is 17.1 Å². The number of aromatic hydroxyl groups is 1. The highest BCUT2D eigenvalue weighted by Crippen LogP contribution is 2.26. The number of ether oxygens (including phenoxy) is 1. The molecule has 1 amide bonds. The van der Waals surface area contributed by atoms with Crippen LogP contribution in [0.25, 0.3) is 11.0 Å². The minimum absolute atomic E-state index is 0.156. The molecule has 3 N–H and O–H groups in total. The fourth-order valence-corrected chi connectivity index (χ4v) is 2.56. The molecular weight excluding hydrogens is 360 g/mol. The third-order valence-corrected chi connectivity index (χ3v) is 3.92. The van der Waals surface area contributed by atoms with Crippen molar-refractivity contribution in [2.45, 2.75) is 20.8 Å². The zero-order chi connectivity index (χ0) is 20.8. The Balaban J connectivity index is 0.000000207. The van der Waals surface area contributed by atoms with Gasteiger partial charge in [0.2, 0.25) is 5.91 Å². The van der Waals surface area contributed by atoms with Crippen molar-refractivity contribution >= 4 is 34.3 Å². The molecule has 0 atom stereocenters. The highest BCUT2D eigenvalue weighted by Gasteiger charge is 2.06. The first-order valence-electron chi connectivity index (χ1n) is 8.61. The van der Waals surface area contributed by atoms with Gasteiger partial charge in [-0.3, -0.25) is 9.59 Å². The van der Waals surface area contributed by atoms with Crippen LogP contribution in [0, 0.1) is 6.92 Å². The van der Waals surface area contributed by atoms with E-state index in [-0.39, 0.29) is 17.6 Å². The van der Waals surface area contributed by atoms with Crippen LogP contribution in [0.1, 0.15) is 19.7 Å². The normalized spacial score (nSPS) is 10.0. The molecule has 0 aliphatic heterocycles. The first-order valence-corrected chi connectivity index (χ1v) is 8.61. The minimum atomic E-state index is -0.380.